The van der Waals surface area contributed by atoms with Crippen LogP contribution in [0.15, 0.2) is 0 Å². The standard InChI is InChI=1S/C10H20N2O6S/c1-7-5-12(6-8(2)18-7)19(16,17)11-9(3-4-13)10(14)15/h7-9,11,13H,3-6H2,1-2H3,(H,14,15). The molecule has 1 rings (SSSR count). The van der Waals surface area contributed by atoms with Crippen LogP contribution in [-0.4, -0.2) is 66.9 Å². The molecule has 1 heterocycles. The van der Waals surface area contributed by atoms with E-state index in [4.69, 9.17) is 14.9 Å². The lowest BCUT2D eigenvalue weighted by Gasteiger charge is -2.34. The number of nitrogens with one attached hydrogen (secondary N) is 1. The lowest BCUT2D eigenvalue weighted by Crippen LogP contribution is -2.55. The molecule has 0 aromatic carbocycles. The fourth-order valence-corrected chi connectivity index (χ4v) is 3.48. The average molecular weight is 296 g/mol. The van der Waals surface area contributed by atoms with E-state index in [1.54, 1.807) is 13.8 Å². The Labute approximate surface area is 112 Å². The summed E-state index contributed by atoms with van der Waals surface area (Å²) in [6.07, 6.45) is -0.674. The molecule has 0 saturated carbocycles. The maximum atomic E-state index is 12.1. The van der Waals surface area contributed by atoms with Crippen molar-refractivity contribution in [2.75, 3.05) is 19.7 Å². The molecule has 3 atom stereocenters. The second-order valence-electron chi connectivity index (χ2n) is 4.60. The third-order valence-corrected chi connectivity index (χ3v) is 4.29. The molecule has 0 bridgehead atoms. The lowest BCUT2D eigenvalue weighted by molar-refractivity contribution is -0.139. The first-order valence-electron chi connectivity index (χ1n) is 6.02. The molecule has 0 radical (unpaired) electrons. The number of carbonyl (C=O) groups is 1. The third kappa shape index (κ3) is 4.69. The van der Waals surface area contributed by atoms with Crippen LogP contribution in [0.1, 0.15) is 20.3 Å². The van der Waals surface area contributed by atoms with Crippen molar-refractivity contribution in [2.24, 2.45) is 0 Å². The SMILES string of the molecule is CC1CN(S(=O)(=O)NC(CCO)C(=O)O)CC(C)O1. The number of hydrogen-bond acceptors (Lipinski definition) is 5. The molecule has 1 aliphatic heterocycles. The molecule has 1 aliphatic rings. The van der Waals surface area contributed by atoms with E-state index in [0.717, 1.165) is 0 Å². The van der Waals surface area contributed by atoms with Gasteiger partial charge in [0.1, 0.15) is 6.04 Å². The van der Waals surface area contributed by atoms with E-state index in [9.17, 15) is 13.2 Å². The number of rotatable bonds is 6. The topological polar surface area (TPSA) is 116 Å². The highest BCUT2D eigenvalue weighted by Gasteiger charge is 2.33. The monoisotopic (exact) mass is 296 g/mol. The van der Waals surface area contributed by atoms with E-state index in [2.05, 4.69) is 4.72 Å². The highest BCUT2D eigenvalue weighted by Crippen LogP contribution is 2.14. The Morgan fingerprint density at radius 1 is 1.42 bits per heavy atom. The van der Waals surface area contributed by atoms with E-state index in [0.29, 0.717) is 0 Å². The van der Waals surface area contributed by atoms with E-state index >= 15 is 0 Å². The molecule has 1 saturated heterocycles. The second-order valence-corrected chi connectivity index (χ2v) is 6.30. The summed E-state index contributed by atoms with van der Waals surface area (Å²) in [7, 11) is -3.90. The molecule has 19 heavy (non-hydrogen) atoms. The van der Waals surface area contributed by atoms with Crippen molar-refractivity contribution in [1.82, 2.24) is 9.03 Å². The van der Waals surface area contributed by atoms with Crippen molar-refractivity contribution in [3.63, 3.8) is 0 Å². The number of aliphatic hydroxyl groups excluding tert-OH is 1. The summed E-state index contributed by atoms with van der Waals surface area (Å²) in [5.74, 6) is -1.31. The largest absolute Gasteiger partial charge is 0.480 e. The van der Waals surface area contributed by atoms with Gasteiger partial charge in [-0.05, 0) is 20.3 Å². The highest BCUT2D eigenvalue weighted by atomic mass is 32.2. The number of aliphatic hydroxyl groups is 1. The molecule has 3 N–H and O–H groups in total. The van der Waals surface area contributed by atoms with Gasteiger partial charge < -0.3 is 14.9 Å². The van der Waals surface area contributed by atoms with Crippen LogP contribution >= 0.6 is 0 Å². The van der Waals surface area contributed by atoms with Gasteiger partial charge in [-0.25, -0.2) is 0 Å². The van der Waals surface area contributed by atoms with Crippen LogP contribution < -0.4 is 4.72 Å². The smallest absolute Gasteiger partial charge is 0.321 e. The first kappa shape index (κ1) is 16.3. The summed E-state index contributed by atoms with van der Waals surface area (Å²) in [5.41, 5.74) is 0. The summed E-state index contributed by atoms with van der Waals surface area (Å²) < 4.78 is 32.8. The van der Waals surface area contributed by atoms with Crippen LogP contribution in [0.3, 0.4) is 0 Å². The number of hydrogen-bond donors (Lipinski definition) is 3. The fourth-order valence-electron chi connectivity index (χ4n) is 1.94. The minimum absolute atomic E-state index is 0.172. The van der Waals surface area contributed by atoms with Gasteiger partial charge in [0.05, 0.1) is 12.2 Å². The first-order chi connectivity index (χ1) is 8.76. The zero-order chi connectivity index (χ0) is 14.6. The summed E-state index contributed by atoms with van der Waals surface area (Å²) >= 11 is 0. The number of nitrogens with zero attached hydrogens (tertiary/aromatic N) is 1. The predicted octanol–water partition coefficient (Wildman–Crippen LogP) is -1.23. The number of carboxylic acids is 1. The second kappa shape index (κ2) is 6.62. The quantitative estimate of drug-likeness (QED) is 0.565. The molecule has 0 aromatic heterocycles. The van der Waals surface area contributed by atoms with Crippen molar-refractivity contribution in [3.8, 4) is 0 Å². The average Bonchev–Trinajstić information content (AvgIpc) is 2.26. The van der Waals surface area contributed by atoms with Gasteiger partial charge in [-0.1, -0.05) is 0 Å². The number of ether oxygens (including phenoxy) is 1. The highest BCUT2D eigenvalue weighted by molar-refractivity contribution is 7.87. The van der Waals surface area contributed by atoms with Crippen molar-refractivity contribution in [1.29, 1.82) is 0 Å². The van der Waals surface area contributed by atoms with Crippen LogP contribution in [0, 0.1) is 0 Å². The minimum atomic E-state index is -3.90. The molecule has 0 spiro atoms. The Morgan fingerprint density at radius 2 is 1.95 bits per heavy atom. The van der Waals surface area contributed by atoms with Crippen LogP contribution in [0.2, 0.25) is 0 Å². The van der Waals surface area contributed by atoms with Crippen molar-refractivity contribution >= 4 is 16.2 Å². The van der Waals surface area contributed by atoms with Crippen LogP contribution in [0.25, 0.3) is 0 Å². The van der Waals surface area contributed by atoms with Gasteiger partial charge >= 0.3 is 5.97 Å². The van der Waals surface area contributed by atoms with Gasteiger partial charge in [-0.2, -0.15) is 17.4 Å². The molecule has 8 nitrogen and oxygen atoms in total. The van der Waals surface area contributed by atoms with E-state index < -0.39 is 28.8 Å². The molecular weight excluding hydrogens is 276 g/mol. The fraction of sp³-hybridized carbons (Fsp3) is 0.900. The lowest BCUT2D eigenvalue weighted by atomic mass is 10.2. The number of morpholine rings is 1. The third-order valence-electron chi connectivity index (χ3n) is 2.73. The molecule has 9 heteroatoms. The zero-order valence-electron chi connectivity index (χ0n) is 10.9. The van der Waals surface area contributed by atoms with Gasteiger partial charge in [-0.15, -0.1) is 0 Å². The maximum Gasteiger partial charge on any atom is 0.321 e. The molecule has 3 unspecified atom stereocenters. The Bertz CT molecular complexity index is 402. The Hall–Kier alpha value is -0.740. The first-order valence-corrected chi connectivity index (χ1v) is 7.46. The van der Waals surface area contributed by atoms with Gasteiger partial charge in [0, 0.05) is 19.7 Å². The molecule has 0 aliphatic carbocycles. The predicted molar refractivity (Wildman–Crippen MR) is 66.8 cm³/mol. The summed E-state index contributed by atoms with van der Waals surface area (Å²) in [6, 6.07) is -1.33. The normalized spacial score (nSPS) is 27.1. The minimum Gasteiger partial charge on any atom is -0.480 e. The van der Waals surface area contributed by atoms with E-state index in [1.807, 2.05) is 0 Å². The van der Waals surface area contributed by atoms with Gasteiger partial charge in [0.15, 0.2) is 0 Å². The molecule has 112 valence electrons. The van der Waals surface area contributed by atoms with E-state index in [-0.39, 0.29) is 31.7 Å². The zero-order valence-corrected chi connectivity index (χ0v) is 11.8. The molecule has 1 fully saturated rings. The Morgan fingerprint density at radius 3 is 2.37 bits per heavy atom. The Balaban J connectivity index is 2.76. The van der Waals surface area contributed by atoms with Crippen molar-refractivity contribution in [2.45, 2.75) is 38.5 Å². The number of aliphatic carboxylic acids is 1. The van der Waals surface area contributed by atoms with Gasteiger partial charge in [0.2, 0.25) is 0 Å². The van der Waals surface area contributed by atoms with E-state index in [1.165, 1.54) is 4.31 Å². The van der Waals surface area contributed by atoms with Crippen LogP contribution in [0.5, 0.6) is 0 Å². The molecular formula is C10H20N2O6S. The molecule has 0 amide bonds. The van der Waals surface area contributed by atoms with Crippen LogP contribution in [-0.2, 0) is 19.7 Å². The summed E-state index contributed by atoms with van der Waals surface area (Å²) in [5, 5.41) is 17.6. The van der Waals surface area contributed by atoms with Crippen molar-refractivity contribution in [3.05, 3.63) is 0 Å². The van der Waals surface area contributed by atoms with Crippen LogP contribution in [0.4, 0.5) is 0 Å². The Kier molecular flexibility index (Phi) is 5.68. The van der Waals surface area contributed by atoms with Crippen molar-refractivity contribution < 1.29 is 28.2 Å². The number of carboxylic acid groups (broad SMARTS) is 1. The summed E-state index contributed by atoms with van der Waals surface area (Å²) in [6.45, 7) is 3.44. The summed E-state index contributed by atoms with van der Waals surface area (Å²) in [4.78, 5) is 10.9. The molecule has 0 aromatic rings. The maximum absolute atomic E-state index is 12.1. The van der Waals surface area contributed by atoms with Gasteiger partial charge in [-0.3, -0.25) is 4.79 Å². The van der Waals surface area contributed by atoms with Gasteiger partial charge in [0.25, 0.3) is 10.2 Å².